The van der Waals surface area contributed by atoms with E-state index in [1.165, 1.54) is 11.1 Å². The summed E-state index contributed by atoms with van der Waals surface area (Å²) in [5.74, 6) is -1.39. The number of fused-ring (bicyclic) bond motifs is 1. The van der Waals surface area contributed by atoms with Gasteiger partial charge in [0.2, 0.25) is 0 Å². The van der Waals surface area contributed by atoms with Gasteiger partial charge < -0.3 is 14.2 Å². The van der Waals surface area contributed by atoms with Crippen LogP contribution in [0.4, 0.5) is 20.4 Å². The SMILES string of the molecule is Cc1ccc2c(c1)CCCN2c1noc(-c2c(F)cc(OC(C)C)cc2F)n1. The van der Waals surface area contributed by atoms with Crippen molar-refractivity contribution < 1.29 is 18.0 Å². The average molecular weight is 385 g/mol. The third-order valence-corrected chi connectivity index (χ3v) is 4.61. The lowest BCUT2D eigenvalue weighted by atomic mass is 10.00. The molecule has 0 saturated carbocycles. The van der Waals surface area contributed by atoms with Gasteiger partial charge in [0.15, 0.2) is 0 Å². The van der Waals surface area contributed by atoms with Crippen LogP contribution < -0.4 is 9.64 Å². The quantitative estimate of drug-likeness (QED) is 0.618. The second-order valence-corrected chi connectivity index (χ2v) is 7.22. The van der Waals surface area contributed by atoms with Gasteiger partial charge >= 0.3 is 0 Å². The Kier molecular flexibility index (Phi) is 4.75. The molecule has 7 heteroatoms. The molecule has 0 fully saturated rings. The van der Waals surface area contributed by atoms with Gasteiger partial charge in [-0.25, -0.2) is 8.78 Å². The first-order valence-corrected chi connectivity index (χ1v) is 9.29. The number of hydrogen-bond acceptors (Lipinski definition) is 5. The maximum atomic E-state index is 14.5. The van der Waals surface area contributed by atoms with Gasteiger partial charge in [-0.05, 0) is 50.4 Å². The van der Waals surface area contributed by atoms with E-state index in [-0.39, 0.29) is 23.3 Å². The molecule has 2 heterocycles. The van der Waals surface area contributed by atoms with Crippen molar-refractivity contribution in [1.29, 1.82) is 0 Å². The zero-order valence-corrected chi connectivity index (χ0v) is 16.0. The molecule has 1 aliphatic rings. The molecular formula is C21H21F2N3O2. The molecule has 28 heavy (non-hydrogen) atoms. The number of halogens is 2. The Balaban J connectivity index is 1.68. The molecular weight excluding hydrogens is 364 g/mol. The summed E-state index contributed by atoms with van der Waals surface area (Å²) in [6, 6.07) is 8.42. The minimum absolute atomic E-state index is 0.119. The smallest absolute Gasteiger partial charge is 0.270 e. The van der Waals surface area contributed by atoms with Gasteiger partial charge in [-0.1, -0.05) is 17.7 Å². The van der Waals surface area contributed by atoms with Crippen LogP contribution in [0.5, 0.6) is 5.75 Å². The van der Waals surface area contributed by atoms with E-state index in [0.717, 1.165) is 30.7 Å². The number of aromatic nitrogens is 2. The van der Waals surface area contributed by atoms with Gasteiger partial charge in [-0.2, -0.15) is 4.98 Å². The molecule has 4 rings (SSSR count). The molecule has 0 spiro atoms. The average Bonchev–Trinajstić information content (AvgIpc) is 3.09. The van der Waals surface area contributed by atoms with E-state index in [1.54, 1.807) is 13.8 Å². The van der Waals surface area contributed by atoms with Crippen LogP contribution in [0.1, 0.15) is 31.4 Å². The number of benzene rings is 2. The summed E-state index contributed by atoms with van der Waals surface area (Å²) in [6.07, 6.45) is 1.71. The molecule has 146 valence electrons. The van der Waals surface area contributed by atoms with Crippen LogP contribution in [-0.4, -0.2) is 22.8 Å². The summed E-state index contributed by atoms with van der Waals surface area (Å²) in [4.78, 5) is 6.18. The summed E-state index contributed by atoms with van der Waals surface area (Å²) >= 11 is 0. The fraction of sp³-hybridized carbons (Fsp3) is 0.333. The Morgan fingerprint density at radius 2 is 1.89 bits per heavy atom. The molecule has 0 atom stereocenters. The largest absolute Gasteiger partial charge is 0.491 e. The molecule has 0 saturated heterocycles. The van der Waals surface area contributed by atoms with Crippen LogP contribution in [0.15, 0.2) is 34.9 Å². The van der Waals surface area contributed by atoms with Crippen LogP contribution in [0.3, 0.4) is 0 Å². The van der Waals surface area contributed by atoms with E-state index in [9.17, 15) is 8.78 Å². The Hall–Kier alpha value is -2.96. The summed E-state index contributed by atoms with van der Waals surface area (Å²) < 4.78 is 39.6. The maximum Gasteiger partial charge on any atom is 0.270 e. The lowest BCUT2D eigenvalue weighted by Crippen LogP contribution is -2.25. The van der Waals surface area contributed by atoms with Gasteiger partial charge in [0.25, 0.3) is 11.8 Å². The molecule has 0 radical (unpaired) electrons. The van der Waals surface area contributed by atoms with Gasteiger partial charge in [-0.15, -0.1) is 0 Å². The van der Waals surface area contributed by atoms with E-state index in [0.29, 0.717) is 12.5 Å². The van der Waals surface area contributed by atoms with E-state index in [4.69, 9.17) is 9.26 Å². The zero-order valence-electron chi connectivity index (χ0n) is 16.0. The van der Waals surface area contributed by atoms with Crippen molar-refractivity contribution in [1.82, 2.24) is 10.1 Å². The van der Waals surface area contributed by atoms with Crippen molar-refractivity contribution in [3.05, 3.63) is 53.1 Å². The number of hydrogen-bond donors (Lipinski definition) is 0. The van der Waals surface area contributed by atoms with Crippen LogP contribution in [0.2, 0.25) is 0 Å². The highest BCUT2D eigenvalue weighted by molar-refractivity contribution is 5.66. The van der Waals surface area contributed by atoms with Gasteiger partial charge in [0.1, 0.15) is 22.9 Å². The molecule has 1 aromatic heterocycles. The Labute approximate surface area is 161 Å². The van der Waals surface area contributed by atoms with Crippen LogP contribution in [0.25, 0.3) is 11.5 Å². The van der Waals surface area contributed by atoms with Crippen molar-refractivity contribution in [3.63, 3.8) is 0 Å². The fourth-order valence-electron chi connectivity index (χ4n) is 3.45. The van der Waals surface area contributed by atoms with E-state index < -0.39 is 11.6 Å². The second kappa shape index (κ2) is 7.22. The topological polar surface area (TPSA) is 51.4 Å². The van der Waals surface area contributed by atoms with Gasteiger partial charge in [0, 0.05) is 24.4 Å². The highest BCUT2D eigenvalue weighted by atomic mass is 19.1. The van der Waals surface area contributed by atoms with Crippen LogP contribution in [0, 0.1) is 18.6 Å². The molecule has 1 aliphatic heterocycles. The molecule has 0 aliphatic carbocycles. The highest BCUT2D eigenvalue weighted by Gasteiger charge is 2.25. The van der Waals surface area contributed by atoms with Crippen molar-refractivity contribution in [2.24, 2.45) is 0 Å². The normalized spacial score (nSPS) is 13.7. The van der Waals surface area contributed by atoms with E-state index in [1.807, 2.05) is 24.0 Å². The lowest BCUT2D eigenvalue weighted by Gasteiger charge is -2.28. The standard InChI is InChI=1S/C21H21F2N3O2/c1-12(2)27-15-10-16(22)19(17(23)11-15)20-24-21(25-28-20)26-8-4-5-14-9-13(3)6-7-18(14)26/h6-7,9-12H,4-5,8H2,1-3H3. The van der Waals surface area contributed by atoms with E-state index in [2.05, 4.69) is 16.2 Å². The summed E-state index contributed by atoms with van der Waals surface area (Å²) in [5, 5.41) is 3.97. The highest BCUT2D eigenvalue weighted by Crippen LogP contribution is 2.35. The van der Waals surface area contributed by atoms with Crippen molar-refractivity contribution in [3.8, 4) is 17.2 Å². The minimum atomic E-state index is -0.805. The number of aryl methyl sites for hydroxylation is 2. The number of nitrogens with zero attached hydrogens (tertiary/aromatic N) is 3. The fourth-order valence-corrected chi connectivity index (χ4v) is 3.45. The summed E-state index contributed by atoms with van der Waals surface area (Å²) in [5.41, 5.74) is 3.02. The predicted octanol–water partition coefficient (Wildman–Crippen LogP) is 5.19. The third-order valence-electron chi connectivity index (χ3n) is 4.61. The molecule has 2 aromatic carbocycles. The van der Waals surface area contributed by atoms with Crippen molar-refractivity contribution in [2.75, 3.05) is 11.4 Å². The van der Waals surface area contributed by atoms with Gasteiger partial charge in [-0.3, -0.25) is 0 Å². The molecule has 0 bridgehead atoms. The summed E-state index contributed by atoms with van der Waals surface area (Å²) in [6.45, 7) is 6.32. The van der Waals surface area contributed by atoms with Gasteiger partial charge in [0.05, 0.1) is 6.10 Å². The third kappa shape index (κ3) is 3.44. The maximum absolute atomic E-state index is 14.5. The number of ether oxygens (including phenoxy) is 1. The first kappa shape index (κ1) is 18.4. The monoisotopic (exact) mass is 385 g/mol. The number of rotatable bonds is 4. The second-order valence-electron chi connectivity index (χ2n) is 7.22. The Morgan fingerprint density at radius 1 is 1.14 bits per heavy atom. The molecule has 5 nitrogen and oxygen atoms in total. The minimum Gasteiger partial charge on any atom is -0.491 e. The van der Waals surface area contributed by atoms with Crippen LogP contribution in [-0.2, 0) is 6.42 Å². The number of anilines is 2. The zero-order chi connectivity index (χ0) is 19.8. The van der Waals surface area contributed by atoms with Crippen molar-refractivity contribution >= 4 is 11.6 Å². The summed E-state index contributed by atoms with van der Waals surface area (Å²) in [7, 11) is 0. The molecule has 3 aromatic rings. The predicted molar refractivity (Wildman–Crippen MR) is 102 cm³/mol. The van der Waals surface area contributed by atoms with Crippen LogP contribution >= 0.6 is 0 Å². The van der Waals surface area contributed by atoms with E-state index >= 15 is 0 Å². The Bertz CT molecular complexity index is 994. The molecule has 0 N–H and O–H groups in total. The first-order valence-electron chi connectivity index (χ1n) is 9.29. The lowest BCUT2D eigenvalue weighted by molar-refractivity contribution is 0.240. The first-order chi connectivity index (χ1) is 13.4. The molecule has 0 unspecified atom stereocenters. The molecule has 0 amide bonds. The Morgan fingerprint density at radius 3 is 2.61 bits per heavy atom. The van der Waals surface area contributed by atoms with Crippen molar-refractivity contribution in [2.45, 2.75) is 39.7 Å².